The van der Waals surface area contributed by atoms with Gasteiger partial charge in [0.25, 0.3) is 0 Å². The summed E-state index contributed by atoms with van der Waals surface area (Å²) < 4.78 is 7.07. The summed E-state index contributed by atoms with van der Waals surface area (Å²) in [6.45, 7) is 5.15. The summed E-state index contributed by atoms with van der Waals surface area (Å²) in [4.78, 5) is 1.32. The van der Waals surface area contributed by atoms with Crippen LogP contribution in [-0.4, -0.2) is 6.54 Å². The molecule has 2 nitrogen and oxygen atoms in total. The van der Waals surface area contributed by atoms with E-state index in [1.165, 1.54) is 10.4 Å². The molecular formula is C16H16BrNOS. The number of rotatable bonds is 4. The lowest BCUT2D eigenvalue weighted by molar-refractivity contribution is 0.477. The van der Waals surface area contributed by atoms with Crippen molar-refractivity contribution < 1.29 is 4.42 Å². The van der Waals surface area contributed by atoms with Crippen molar-refractivity contribution in [2.45, 2.75) is 19.9 Å². The van der Waals surface area contributed by atoms with Gasteiger partial charge in [0.1, 0.15) is 11.3 Å². The molecule has 0 aliphatic carbocycles. The van der Waals surface area contributed by atoms with Crippen LogP contribution in [0.5, 0.6) is 0 Å². The van der Waals surface area contributed by atoms with Crippen molar-refractivity contribution in [2.24, 2.45) is 0 Å². The summed E-state index contributed by atoms with van der Waals surface area (Å²) in [5, 5.41) is 6.83. The molecule has 3 aromatic rings. The minimum Gasteiger partial charge on any atom is -0.458 e. The number of benzene rings is 1. The second kappa shape index (κ2) is 5.72. The van der Waals surface area contributed by atoms with Crippen molar-refractivity contribution >= 4 is 38.2 Å². The van der Waals surface area contributed by atoms with Gasteiger partial charge in [0.2, 0.25) is 0 Å². The van der Waals surface area contributed by atoms with Crippen LogP contribution in [0.25, 0.3) is 11.0 Å². The van der Waals surface area contributed by atoms with Crippen LogP contribution in [0, 0.1) is 6.92 Å². The number of halogens is 1. The number of hydrogen-bond donors (Lipinski definition) is 1. The van der Waals surface area contributed by atoms with E-state index < -0.39 is 0 Å². The van der Waals surface area contributed by atoms with Crippen LogP contribution < -0.4 is 5.32 Å². The smallest absolute Gasteiger partial charge is 0.148 e. The van der Waals surface area contributed by atoms with Gasteiger partial charge in [-0.05, 0) is 58.5 Å². The molecule has 0 saturated carbocycles. The second-order valence-electron chi connectivity index (χ2n) is 4.79. The highest BCUT2D eigenvalue weighted by molar-refractivity contribution is 9.10. The average Bonchev–Trinajstić information content (AvgIpc) is 3.03. The van der Waals surface area contributed by atoms with Crippen molar-refractivity contribution in [1.29, 1.82) is 0 Å². The van der Waals surface area contributed by atoms with Crippen LogP contribution >= 0.6 is 27.3 Å². The van der Waals surface area contributed by atoms with E-state index in [9.17, 15) is 0 Å². The minimum atomic E-state index is 0.115. The molecule has 3 rings (SSSR count). The predicted octanol–water partition coefficient (Wildman–Crippen LogP) is 5.26. The molecule has 0 aliphatic rings. The van der Waals surface area contributed by atoms with Gasteiger partial charge >= 0.3 is 0 Å². The van der Waals surface area contributed by atoms with Crippen LogP contribution in [0.2, 0.25) is 0 Å². The molecule has 1 unspecified atom stereocenters. The summed E-state index contributed by atoms with van der Waals surface area (Å²) in [6, 6.07) is 10.6. The van der Waals surface area contributed by atoms with E-state index in [1.807, 2.05) is 12.1 Å². The first-order chi connectivity index (χ1) is 9.69. The maximum absolute atomic E-state index is 6.07. The van der Waals surface area contributed by atoms with Gasteiger partial charge in [-0.25, -0.2) is 0 Å². The molecule has 2 heterocycles. The van der Waals surface area contributed by atoms with Gasteiger partial charge in [-0.3, -0.25) is 0 Å². The highest BCUT2D eigenvalue weighted by atomic mass is 79.9. The highest BCUT2D eigenvalue weighted by Gasteiger charge is 2.19. The molecule has 1 atom stereocenters. The fraction of sp³-hybridized carbons (Fsp3) is 0.250. The molecule has 1 aromatic carbocycles. The topological polar surface area (TPSA) is 25.2 Å². The van der Waals surface area contributed by atoms with E-state index in [2.05, 4.69) is 58.7 Å². The number of fused-ring (bicyclic) bond motifs is 1. The maximum atomic E-state index is 6.07. The molecule has 0 spiro atoms. The maximum Gasteiger partial charge on any atom is 0.148 e. The Kier molecular flexibility index (Phi) is 3.96. The lowest BCUT2D eigenvalue weighted by Gasteiger charge is -2.13. The summed E-state index contributed by atoms with van der Waals surface area (Å²) in [5.41, 5.74) is 2.18. The van der Waals surface area contributed by atoms with Crippen LogP contribution in [0.1, 0.15) is 29.2 Å². The lowest BCUT2D eigenvalue weighted by Crippen LogP contribution is -2.20. The van der Waals surface area contributed by atoms with Gasteiger partial charge in [-0.1, -0.05) is 19.1 Å². The molecule has 1 N–H and O–H groups in total. The second-order valence-corrected chi connectivity index (χ2v) is 6.76. The van der Waals surface area contributed by atoms with Crippen molar-refractivity contribution in [1.82, 2.24) is 5.32 Å². The molecule has 0 bridgehead atoms. The number of furan rings is 1. The minimum absolute atomic E-state index is 0.115. The third-order valence-corrected chi connectivity index (χ3v) is 4.80. The van der Waals surface area contributed by atoms with Gasteiger partial charge < -0.3 is 9.73 Å². The fourth-order valence-corrected chi connectivity index (χ4v) is 3.58. The molecule has 4 heteroatoms. The van der Waals surface area contributed by atoms with Crippen molar-refractivity contribution in [2.75, 3.05) is 6.54 Å². The predicted molar refractivity (Wildman–Crippen MR) is 88.5 cm³/mol. The van der Waals surface area contributed by atoms with Crippen LogP contribution in [0.4, 0.5) is 0 Å². The van der Waals surface area contributed by atoms with Gasteiger partial charge in [-0.15, -0.1) is 11.3 Å². The first-order valence-electron chi connectivity index (χ1n) is 6.65. The monoisotopic (exact) mass is 349 g/mol. The Hall–Kier alpha value is -1.10. The normalized spacial score (nSPS) is 12.9. The first-order valence-corrected chi connectivity index (χ1v) is 8.32. The van der Waals surface area contributed by atoms with Crippen LogP contribution in [0.15, 0.2) is 44.6 Å². The van der Waals surface area contributed by atoms with Crippen molar-refractivity contribution in [3.05, 3.63) is 56.4 Å². The molecule has 0 fully saturated rings. The quantitative estimate of drug-likeness (QED) is 0.694. The Morgan fingerprint density at radius 3 is 2.85 bits per heavy atom. The fourth-order valence-electron chi connectivity index (χ4n) is 2.39. The number of thiophene rings is 1. The zero-order valence-electron chi connectivity index (χ0n) is 11.4. The molecule has 104 valence electrons. The first kappa shape index (κ1) is 13.9. The SMILES string of the molecule is CCNC(c1csc(C)c1)c1cc2cccc(Br)c2o1. The standard InChI is InChI=1S/C16H16BrNOS/c1-3-18-15(12-7-10(2)20-9-12)14-8-11-5-4-6-13(17)16(11)19-14/h4-9,15,18H,3H2,1-2H3. The average molecular weight is 350 g/mol. The molecule has 0 radical (unpaired) electrons. The van der Waals surface area contributed by atoms with Crippen molar-refractivity contribution in [3.8, 4) is 0 Å². The third-order valence-electron chi connectivity index (χ3n) is 3.29. The largest absolute Gasteiger partial charge is 0.458 e. The third kappa shape index (κ3) is 2.55. The van der Waals surface area contributed by atoms with E-state index in [0.29, 0.717) is 0 Å². The van der Waals surface area contributed by atoms with E-state index in [1.54, 1.807) is 11.3 Å². The van der Waals surface area contributed by atoms with Gasteiger partial charge in [0.15, 0.2) is 0 Å². The summed E-state index contributed by atoms with van der Waals surface area (Å²) in [7, 11) is 0. The lowest BCUT2D eigenvalue weighted by atomic mass is 10.1. The summed E-state index contributed by atoms with van der Waals surface area (Å²) in [5.74, 6) is 0.964. The van der Waals surface area contributed by atoms with Crippen molar-refractivity contribution in [3.63, 3.8) is 0 Å². The summed E-state index contributed by atoms with van der Waals surface area (Å²) in [6.07, 6.45) is 0. The Morgan fingerprint density at radius 1 is 1.35 bits per heavy atom. The number of aryl methyl sites for hydroxylation is 1. The van der Waals surface area contributed by atoms with Gasteiger partial charge in [0.05, 0.1) is 10.5 Å². The van der Waals surface area contributed by atoms with Crippen LogP contribution in [0.3, 0.4) is 0 Å². The Bertz CT molecular complexity index is 731. The molecule has 0 amide bonds. The molecule has 0 aliphatic heterocycles. The Labute approximate surface area is 130 Å². The van der Waals surface area contributed by atoms with Crippen LogP contribution in [-0.2, 0) is 0 Å². The number of hydrogen-bond acceptors (Lipinski definition) is 3. The van der Waals surface area contributed by atoms with E-state index in [-0.39, 0.29) is 6.04 Å². The number of nitrogens with one attached hydrogen (secondary N) is 1. The zero-order valence-corrected chi connectivity index (χ0v) is 13.8. The Morgan fingerprint density at radius 2 is 2.20 bits per heavy atom. The highest BCUT2D eigenvalue weighted by Crippen LogP contribution is 2.33. The zero-order chi connectivity index (χ0) is 14.1. The van der Waals surface area contributed by atoms with Gasteiger partial charge in [0, 0.05) is 10.3 Å². The Balaban J connectivity index is 2.07. The number of para-hydroxylation sites is 1. The summed E-state index contributed by atoms with van der Waals surface area (Å²) >= 11 is 5.32. The molecule has 20 heavy (non-hydrogen) atoms. The van der Waals surface area contributed by atoms with E-state index in [0.717, 1.165) is 27.7 Å². The molecule has 2 aromatic heterocycles. The van der Waals surface area contributed by atoms with E-state index >= 15 is 0 Å². The molecular weight excluding hydrogens is 334 g/mol. The van der Waals surface area contributed by atoms with E-state index in [4.69, 9.17) is 4.42 Å². The molecule has 0 saturated heterocycles. The van der Waals surface area contributed by atoms with Gasteiger partial charge in [-0.2, -0.15) is 0 Å².